The van der Waals surface area contributed by atoms with Crippen molar-refractivity contribution in [2.45, 2.75) is 56.6 Å². The van der Waals surface area contributed by atoms with Crippen molar-refractivity contribution in [1.29, 1.82) is 0 Å². The van der Waals surface area contributed by atoms with E-state index in [0.717, 1.165) is 38.9 Å². The summed E-state index contributed by atoms with van der Waals surface area (Å²) in [5.41, 5.74) is -0.452. The van der Waals surface area contributed by atoms with Crippen molar-refractivity contribution in [3.05, 3.63) is 0 Å². The Kier molecular flexibility index (Phi) is 4.00. The van der Waals surface area contributed by atoms with E-state index in [1.54, 1.807) is 0 Å². The summed E-state index contributed by atoms with van der Waals surface area (Å²) in [5, 5.41) is 17.3. The van der Waals surface area contributed by atoms with Gasteiger partial charge in [-0.05, 0) is 45.2 Å². The van der Waals surface area contributed by atoms with E-state index < -0.39 is 5.60 Å². The lowest BCUT2D eigenvalue weighted by Gasteiger charge is -2.28. The largest absolute Gasteiger partial charge is 0.389 e. The van der Waals surface area contributed by atoms with Crippen LogP contribution in [-0.2, 0) is 0 Å². The zero-order valence-corrected chi connectivity index (χ0v) is 9.60. The molecule has 0 radical (unpaired) electrons. The van der Waals surface area contributed by atoms with Gasteiger partial charge >= 0.3 is 0 Å². The minimum atomic E-state index is -0.452. The summed E-state index contributed by atoms with van der Waals surface area (Å²) in [7, 11) is 0. The van der Waals surface area contributed by atoms with E-state index in [1.165, 1.54) is 25.7 Å². The first-order valence-corrected chi connectivity index (χ1v) is 6.45. The number of hydrogen-bond acceptors (Lipinski definition) is 3. The Balaban J connectivity index is 1.75. The first kappa shape index (κ1) is 11.4. The fraction of sp³-hybridized carbons (Fsp3) is 1.00. The fourth-order valence-corrected chi connectivity index (χ4v) is 2.75. The van der Waals surface area contributed by atoms with Gasteiger partial charge in [0.2, 0.25) is 0 Å². The summed E-state index contributed by atoms with van der Waals surface area (Å²) in [6.45, 7) is 2.81. The molecule has 0 aromatic heterocycles. The van der Waals surface area contributed by atoms with Crippen molar-refractivity contribution in [3.8, 4) is 0 Å². The maximum Gasteiger partial charge on any atom is 0.0784 e. The maximum absolute atomic E-state index is 10.4. The first-order chi connectivity index (χ1) is 7.29. The van der Waals surface area contributed by atoms with Crippen LogP contribution in [0.15, 0.2) is 0 Å². The topological polar surface area (TPSA) is 44.3 Å². The van der Waals surface area contributed by atoms with Gasteiger partial charge in [0.25, 0.3) is 0 Å². The Morgan fingerprint density at radius 2 is 1.93 bits per heavy atom. The van der Waals surface area contributed by atoms with Crippen molar-refractivity contribution < 1.29 is 5.11 Å². The standard InChI is InChI=1S/C12H24N2O/c15-12(6-3-8-13-9-7-12)10-14-11-4-1-2-5-11/h11,13-15H,1-10H2. The van der Waals surface area contributed by atoms with Gasteiger partial charge in [-0.3, -0.25) is 0 Å². The van der Waals surface area contributed by atoms with Gasteiger partial charge in [0.05, 0.1) is 5.60 Å². The smallest absolute Gasteiger partial charge is 0.0784 e. The van der Waals surface area contributed by atoms with Crippen LogP contribution in [0.25, 0.3) is 0 Å². The third-order valence-electron chi connectivity index (χ3n) is 3.84. The predicted octanol–water partition coefficient (Wildman–Crippen LogP) is 1.02. The van der Waals surface area contributed by atoms with Crippen LogP contribution in [0.5, 0.6) is 0 Å². The van der Waals surface area contributed by atoms with E-state index in [2.05, 4.69) is 10.6 Å². The van der Waals surface area contributed by atoms with Gasteiger partial charge in [-0.2, -0.15) is 0 Å². The summed E-state index contributed by atoms with van der Waals surface area (Å²) < 4.78 is 0. The Morgan fingerprint density at radius 3 is 2.73 bits per heavy atom. The number of rotatable bonds is 3. The minimum absolute atomic E-state index is 0.452. The molecule has 0 aromatic rings. The zero-order chi connectivity index (χ0) is 10.6. The molecule has 1 unspecified atom stereocenters. The molecule has 1 saturated carbocycles. The highest BCUT2D eigenvalue weighted by Crippen LogP contribution is 2.21. The quantitative estimate of drug-likeness (QED) is 0.654. The van der Waals surface area contributed by atoms with Crippen LogP contribution in [0.2, 0.25) is 0 Å². The lowest BCUT2D eigenvalue weighted by molar-refractivity contribution is 0.0260. The Labute approximate surface area is 92.6 Å². The van der Waals surface area contributed by atoms with Crippen LogP contribution in [0.3, 0.4) is 0 Å². The molecular formula is C12H24N2O. The van der Waals surface area contributed by atoms with Gasteiger partial charge in [0.15, 0.2) is 0 Å². The Hall–Kier alpha value is -0.120. The van der Waals surface area contributed by atoms with Gasteiger partial charge in [-0.25, -0.2) is 0 Å². The molecule has 2 aliphatic rings. The highest BCUT2D eigenvalue weighted by molar-refractivity contribution is 4.86. The molecule has 15 heavy (non-hydrogen) atoms. The molecule has 2 fully saturated rings. The molecule has 1 heterocycles. The average Bonchev–Trinajstić information content (AvgIpc) is 2.65. The van der Waals surface area contributed by atoms with Crippen molar-refractivity contribution in [1.82, 2.24) is 10.6 Å². The second kappa shape index (κ2) is 5.28. The highest BCUT2D eigenvalue weighted by Gasteiger charge is 2.28. The zero-order valence-electron chi connectivity index (χ0n) is 9.60. The maximum atomic E-state index is 10.4. The van der Waals surface area contributed by atoms with Gasteiger partial charge in [0, 0.05) is 12.6 Å². The summed E-state index contributed by atoms with van der Waals surface area (Å²) in [6, 6.07) is 0.672. The molecule has 0 bridgehead atoms. The van der Waals surface area contributed by atoms with Crippen LogP contribution in [-0.4, -0.2) is 36.4 Å². The van der Waals surface area contributed by atoms with E-state index in [4.69, 9.17) is 0 Å². The third kappa shape index (κ3) is 3.44. The summed E-state index contributed by atoms with van der Waals surface area (Å²) in [4.78, 5) is 0. The van der Waals surface area contributed by atoms with E-state index in [9.17, 15) is 5.11 Å². The highest BCUT2D eigenvalue weighted by atomic mass is 16.3. The molecule has 3 nitrogen and oxygen atoms in total. The molecule has 0 spiro atoms. The molecule has 0 amide bonds. The molecule has 3 N–H and O–H groups in total. The van der Waals surface area contributed by atoms with Crippen molar-refractivity contribution in [3.63, 3.8) is 0 Å². The second-order valence-electron chi connectivity index (χ2n) is 5.19. The molecule has 0 aromatic carbocycles. The lowest BCUT2D eigenvalue weighted by Crippen LogP contribution is -2.44. The van der Waals surface area contributed by atoms with Crippen LogP contribution in [0.1, 0.15) is 44.9 Å². The molecule has 88 valence electrons. The first-order valence-electron chi connectivity index (χ1n) is 6.45. The lowest BCUT2D eigenvalue weighted by atomic mass is 9.94. The molecule has 3 heteroatoms. The normalized spacial score (nSPS) is 34.2. The van der Waals surface area contributed by atoms with E-state index in [-0.39, 0.29) is 0 Å². The molecule has 2 rings (SSSR count). The van der Waals surface area contributed by atoms with E-state index in [0.29, 0.717) is 6.04 Å². The van der Waals surface area contributed by atoms with Crippen molar-refractivity contribution in [2.75, 3.05) is 19.6 Å². The average molecular weight is 212 g/mol. The number of nitrogens with one attached hydrogen (secondary N) is 2. The Morgan fingerprint density at radius 1 is 1.13 bits per heavy atom. The van der Waals surface area contributed by atoms with Gasteiger partial charge in [-0.1, -0.05) is 12.8 Å². The summed E-state index contributed by atoms with van der Waals surface area (Å²) in [6.07, 6.45) is 8.26. The SMILES string of the molecule is OC1(CNC2CCCC2)CCCNCC1. The number of aliphatic hydroxyl groups is 1. The van der Waals surface area contributed by atoms with Crippen LogP contribution >= 0.6 is 0 Å². The second-order valence-corrected chi connectivity index (χ2v) is 5.19. The Bertz CT molecular complexity index is 182. The van der Waals surface area contributed by atoms with Gasteiger partial charge in [0.1, 0.15) is 0 Å². The van der Waals surface area contributed by atoms with Crippen LogP contribution < -0.4 is 10.6 Å². The number of hydrogen-bond donors (Lipinski definition) is 3. The summed E-state index contributed by atoms with van der Waals surface area (Å²) in [5.74, 6) is 0. The molecule has 1 aliphatic carbocycles. The molecule has 1 atom stereocenters. The van der Waals surface area contributed by atoms with E-state index in [1.807, 2.05) is 0 Å². The molecule has 1 aliphatic heterocycles. The van der Waals surface area contributed by atoms with Crippen molar-refractivity contribution in [2.24, 2.45) is 0 Å². The third-order valence-corrected chi connectivity index (χ3v) is 3.84. The molecule has 1 saturated heterocycles. The molecular weight excluding hydrogens is 188 g/mol. The van der Waals surface area contributed by atoms with Gasteiger partial charge < -0.3 is 15.7 Å². The predicted molar refractivity (Wildman–Crippen MR) is 61.9 cm³/mol. The minimum Gasteiger partial charge on any atom is -0.389 e. The summed E-state index contributed by atoms with van der Waals surface area (Å²) >= 11 is 0. The monoisotopic (exact) mass is 212 g/mol. The van der Waals surface area contributed by atoms with E-state index >= 15 is 0 Å². The van der Waals surface area contributed by atoms with Crippen LogP contribution in [0, 0.1) is 0 Å². The van der Waals surface area contributed by atoms with Gasteiger partial charge in [-0.15, -0.1) is 0 Å². The van der Waals surface area contributed by atoms with Crippen molar-refractivity contribution >= 4 is 0 Å². The van der Waals surface area contributed by atoms with Crippen LogP contribution in [0.4, 0.5) is 0 Å². The fourth-order valence-electron chi connectivity index (χ4n) is 2.75.